The molecule has 6 atom stereocenters. The van der Waals surface area contributed by atoms with Gasteiger partial charge in [0, 0.05) is 6.42 Å². The molecule has 0 amide bonds. The van der Waals surface area contributed by atoms with Crippen molar-refractivity contribution in [2.24, 2.45) is 34.5 Å². The first-order valence-corrected chi connectivity index (χ1v) is 9.46. The first-order valence-electron chi connectivity index (χ1n) is 9.46. The summed E-state index contributed by atoms with van der Waals surface area (Å²) in [5.74, 6) is -0.627. The predicted octanol–water partition coefficient (Wildman–Crippen LogP) is 5.70. The maximum atomic E-state index is 13.7. The summed E-state index contributed by atoms with van der Waals surface area (Å²) >= 11 is 0. The molecule has 0 N–H and O–H groups in total. The highest BCUT2D eigenvalue weighted by molar-refractivity contribution is 5.91. The molecule has 0 saturated heterocycles. The molecule has 0 aromatic heterocycles. The van der Waals surface area contributed by atoms with E-state index in [1.165, 1.54) is 5.57 Å². The van der Waals surface area contributed by atoms with Crippen LogP contribution in [0.3, 0.4) is 0 Å². The van der Waals surface area contributed by atoms with E-state index in [1.54, 1.807) is 0 Å². The van der Waals surface area contributed by atoms with Crippen molar-refractivity contribution in [3.8, 4) is 0 Å². The van der Waals surface area contributed by atoms with Crippen LogP contribution in [0, 0.1) is 34.5 Å². The Hall–Kier alpha value is -0.800. The zero-order valence-electron chi connectivity index (χ0n) is 14.6. The SMILES string of the molecule is C[C@@]12CCC(C(F)(F)F)[C@H]1[C@@H]1CCC3=CC(=O)CC[C@]3(C)[C@H]1CC2. The Morgan fingerprint density at radius 1 is 1.04 bits per heavy atom. The Balaban J connectivity index is 1.71. The van der Waals surface area contributed by atoms with E-state index < -0.39 is 12.1 Å². The van der Waals surface area contributed by atoms with Gasteiger partial charge in [-0.15, -0.1) is 0 Å². The molecule has 0 aliphatic heterocycles. The number of carbonyl (C=O) groups excluding carboxylic acids is 1. The van der Waals surface area contributed by atoms with Gasteiger partial charge in [-0.3, -0.25) is 4.79 Å². The normalized spacial score (nSPS) is 48.4. The van der Waals surface area contributed by atoms with Crippen LogP contribution in [0.25, 0.3) is 0 Å². The van der Waals surface area contributed by atoms with Crippen LogP contribution < -0.4 is 0 Å². The molecule has 4 heteroatoms. The van der Waals surface area contributed by atoms with Crippen LogP contribution in [0.2, 0.25) is 0 Å². The van der Waals surface area contributed by atoms with Crippen LogP contribution in [-0.2, 0) is 4.79 Å². The first-order chi connectivity index (χ1) is 11.2. The lowest BCUT2D eigenvalue weighted by Gasteiger charge is -2.58. The largest absolute Gasteiger partial charge is 0.392 e. The number of fused-ring (bicyclic) bond motifs is 5. The fraction of sp³-hybridized carbons (Fsp3) is 0.850. The number of hydrogen-bond donors (Lipinski definition) is 0. The minimum absolute atomic E-state index is 0.0447. The molecule has 0 aromatic rings. The van der Waals surface area contributed by atoms with Gasteiger partial charge in [-0.2, -0.15) is 13.2 Å². The van der Waals surface area contributed by atoms with Crippen LogP contribution in [0.5, 0.6) is 0 Å². The van der Waals surface area contributed by atoms with Crippen LogP contribution in [0.15, 0.2) is 11.6 Å². The Morgan fingerprint density at radius 2 is 1.75 bits per heavy atom. The Labute approximate surface area is 142 Å². The summed E-state index contributed by atoms with van der Waals surface area (Å²) in [7, 11) is 0. The monoisotopic (exact) mass is 340 g/mol. The third kappa shape index (κ3) is 2.24. The highest BCUT2D eigenvalue weighted by atomic mass is 19.4. The average Bonchev–Trinajstić information content (AvgIpc) is 2.85. The van der Waals surface area contributed by atoms with E-state index in [0.29, 0.717) is 18.8 Å². The minimum atomic E-state index is -4.07. The smallest absolute Gasteiger partial charge is 0.295 e. The van der Waals surface area contributed by atoms with Gasteiger partial charge >= 0.3 is 6.18 Å². The quantitative estimate of drug-likeness (QED) is 0.553. The Morgan fingerprint density at radius 3 is 2.46 bits per heavy atom. The van der Waals surface area contributed by atoms with Gasteiger partial charge < -0.3 is 0 Å². The molecule has 3 fully saturated rings. The summed E-state index contributed by atoms with van der Waals surface area (Å²) in [6.07, 6.45) is 3.80. The van der Waals surface area contributed by atoms with Gasteiger partial charge in [0.25, 0.3) is 0 Å². The van der Waals surface area contributed by atoms with E-state index in [2.05, 4.69) is 13.8 Å². The van der Waals surface area contributed by atoms with Crippen molar-refractivity contribution in [2.75, 3.05) is 0 Å². The number of allylic oxidation sites excluding steroid dienone is 1. The molecule has 0 bridgehead atoms. The molecule has 0 aromatic carbocycles. The standard InChI is InChI=1S/C20H27F3O/c1-18-8-6-15-14(17(18)16(7-9-18)20(21,22)23)4-3-12-11-13(24)5-10-19(12,15)2/h11,14-17H,3-10H2,1-2H3/t14-,15+,16?,17-,18-,19+/m1/s1. The van der Waals surface area contributed by atoms with Crippen molar-refractivity contribution in [1.29, 1.82) is 0 Å². The second-order valence-electron chi connectivity index (χ2n) is 9.27. The zero-order chi connectivity index (χ0) is 17.3. The van der Waals surface area contributed by atoms with E-state index in [1.807, 2.05) is 6.08 Å². The van der Waals surface area contributed by atoms with Crippen molar-refractivity contribution in [1.82, 2.24) is 0 Å². The molecule has 134 valence electrons. The van der Waals surface area contributed by atoms with E-state index in [9.17, 15) is 18.0 Å². The van der Waals surface area contributed by atoms with E-state index >= 15 is 0 Å². The van der Waals surface area contributed by atoms with Gasteiger partial charge in [-0.25, -0.2) is 0 Å². The van der Waals surface area contributed by atoms with Gasteiger partial charge in [0.05, 0.1) is 5.92 Å². The maximum Gasteiger partial charge on any atom is 0.392 e. The zero-order valence-corrected chi connectivity index (χ0v) is 14.6. The van der Waals surface area contributed by atoms with Crippen molar-refractivity contribution < 1.29 is 18.0 Å². The van der Waals surface area contributed by atoms with Gasteiger partial charge in [0.2, 0.25) is 0 Å². The topological polar surface area (TPSA) is 17.1 Å². The lowest BCUT2D eigenvalue weighted by Crippen LogP contribution is -2.52. The molecule has 4 aliphatic rings. The number of carbonyl (C=O) groups is 1. The Kier molecular flexibility index (Phi) is 3.54. The molecule has 4 aliphatic carbocycles. The van der Waals surface area contributed by atoms with Gasteiger partial charge in [-0.05, 0) is 79.6 Å². The summed E-state index contributed by atoms with van der Waals surface area (Å²) in [4.78, 5) is 11.8. The van der Waals surface area contributed by atoms with Crippen molar-refractivity contribution in [3.05, 3.63) is 11.6 Å². The molecule has 4 rings (SSSR count). The average molecular weight is 340 g/mol. The number of ketones is 1. The molecule has 0 spiro atoms. The number of halogens is 3. The van der Waals surface area contributed by atoms with Crippen LogP contribution in [0.1, 0.15) is 65.2 Å². The number of alkyl halides is 3. The lowest BCUT2D eigenvalue weighted by atomic mass is 9.47. The maximum absolute atomic E-state index is 13.7. The molecular weight excluding hydrogens is 313 g/mol. The predicted molar refractivity (Wildman–Crippen MR) is 86.3 cm³/mol. The third-order valence-corrected chi connectivity index (χ3v) is 8.21. The van der Waals surface area contributed by atoms with Crippen molar-refractivity contribution in [2.45, 2.75) is 71.4 Å². The summed E-state index contributed by atoms with van der Waals surface area (Å²) in [5, 5.41) is 0. The van der Waals surface area contributed by atoms with Crippen molar-refractivity contribution >= 4 is 5.78 Å². The van der Waals surface area contributed by atoms with E-state index in [0.717, 1.165) is 38.5 Å². The minimum Gasteiger partial charge on any atom is -0.295 e. The molecular formula is C20H27F3O. The highest BCUT2D eigenvalue weighted by Gasteiger charge is 2.63. The lowest BCUT2D eigenvalue weighted by molar-refractivity contribution is -0.205. The van der Waals surface area contributed by atoms with Crippen LogP contribution >= 0.6 is 0 Å². The Bertz CT molecular complexity index is 592. The third-order valence-electron chi connectivity index (χ3n) is 8.21. The fourth-order valence-electron chi connectivity index (χ4n) is 6.99. The van der Waals surface area contributed by atoms with E-state index in [4.69, 9.17) is 0 Å². The second kappa shape index (κ2) is 5.11. The van der Waals surface area contributed by atoms with Crippen LogP contribution in [-0.4, -0.2) is 12.0 Å². The van der Waals surface area contributed by atoms with Gasteiger partial charge in [-0.1, -0.05) is 19.4 Å². The molecule has 3 saturated carbocycles. The molecule has 0 heterocycles. The molecule has 0 radical (unpaired) electrons. The molecule has 24 heavy (non-hydrogen) atoms. The van der Waals surface area contributed by atoms with Crippen molar-refractivity contribution in [3.63, 3.8) is 0 Å². The number of hydrogen-bond acceptors (Lipinski definition) is 1. The van der Waals surface area contributed by atoms with Crippen LogP contribution in [0.4, 0.5) is 13.2 Å². The summed E-state index contributed by atoms with van der Waals surface area (Å²) in [6, 6.07) is 0. The fourth-order valence-corrected chi connectivity index (χ4v) is 6.99. The summed E-state index contributed by atoms with van der Waals surface area (Å²) in [6.45, 7) is 4.33. The molecule has 1 unspecified atom stereocenters. The van der Waals surface area contributed by atoms with Gasteiger partial charge in [0.1, 0.15) is 0 Å². The van der Waals surface area contributed by atoms with E-state index in [-0.39, 0.29) is 28.4 Å². The highest BCUT2D eigenvalue weighted by Crippen LogP contribution is 2.68. The summed E-state index contributed by atoms with van der Waals surface area (Å²) < 4.78 is 41.1. The molecule has 1 nitrogen and oxygen atoms in total. The number of rotatable bonds is 0. The second-order valence-corrected chi connectivity index (χ2v) is 9.27. The summed E-state index contributed by atoms with van der Waals surface area (Å²) in [5.41, 5.74) is 1.05. The first kappa shape index (κ1) is 16.7. The van der Waals surface area contributed by atoms with Gasteiger partial charge in [0.15, 0.2) is 5.78 Å².